The molecule has 3 saturated carbocycles. The van der Waals surface area contributed by atoms with Crippen LogP contribution in [0.3, 0.4) is 0 Å². The van der Waals surface area contributed by atoms with Crippen LogP contribution >= 0.6 is 0 Å². The molecule has 8 rings (SSSR count). The Morgan fingerprint density at radius 2 is 1.64 bits per heavy atom. The van der Waals surface area contributed by atoms with Crippen molar-refractivity contribution >= 4 is 22.4 Å². The van der Waals surface area contributed by atoms with Crippen LogP contribution in [0.2, 0.25) is 36.3 Å². The highest BCUT2D eigenvalue weighted by Crippen LogP contribution is 2.77. The Morgan fingerprint density at radius 3 is 2.29 bits per heavy atom. The molecule has 8 nitrogen and oxygen atoms in total. The fraction of sp³-hybridized carbons (Fsp3) is 0.714. The summed E-state index contributed by atoms with van der Waals surface area (Å²) < 4.78 is 43.5. The van der Waals surface area contributed by atoms with Gasteiger partial charge in [0.05, 0.1) is 43.0 Å². The molecule has 1 aromatic carbocycles. The zero-order chi connectivity index (χ0) is 42.8. The standard InChI is InChI=1S/C49H73NO7Si2/c1-31-20-21-36(50-27-31)43(51)41-35(29-54-58(11,12)44(2,3)4)34-26-49-42(33(34)24-37(41)52-28-32-18-16-15-17-19-32)38(56-59(13,14)45(5,6)7)25-39-47(49,10)23-22-40-48(39,57-49)30-53-46(8,9)55-40/h15-21,24,27,34-35,37-42H,22-23,25-26,28-30H2,1-14H3/t34-,35+,37+,38-,39+,40+,41-,42-,47+,48+,49-/m1/s1. The van der Waals surface area contributed by atoms with Gasteiger partial charge in [-0.15, -0.1) is 0 Å². The Labute approximate surface area is 357 Å². The first-order valence-corrected chi connectivity index (χ1v) is 28.3. The van der Waals surface area contributed by atoms with Gasteiger partial charge in [-0.25, -0.2) is 0 Å². The number of ketones is 1. The number of rotatable bonds is 10. The van der Waals surface area contributed by atoms with Gasteiger partial charge < -0.3 is 27.8 Å². The number of benzene rings is 1. The van der Waals surface area contributed by atoms with Gasteiger partial charge in [0.2, 0.25) is 0 Å². The molecule has 324 valence electrons. The van der Waals surface area contributed by atoms with Gasteiger partial charge in [-0.1, -0.05) is 96.5 Å². The van der Waals surface area contributed by atoms with Crippen LogP contribution in [0.1, 0.15) is 110 Å². The van der Waals surface area contributed by atoms with Crippen LogP contribution in [-0.4, -0.2) is 75.9 Å². The summed E-state index contributed by atoms with van der Waals surface area (Å²) in [6.07, 6.45) is 7.21. The second kappa shape index (κ2) is 14.5. The second-order valence-electron chi connectivity index (χ2n) is 23.0. The van der Waals surface area contributed by atoms with E-state index in [4.69, 9.17) is 32.8 Å². The van der Waals surface area contributed by atoms with E-state index in [0.29, 0.717) is 25.5 Å². The molecule has 2 spiro atoms. The molecule has 0 N–H and O–H groups in total. The van der Waals surface area contributed by atoms with E-state index in [1.165, 1.54) is 5.57 Å². The lowest BCUT2D eigenvalue weighted by Gasteiger charge is -2.58. The molecule has 4 aliphatic carbocycles. The fourth-order valence-electron chi connectivity index (χ4n) is 11.7. The van der Waals surface area contributed by atoms with Gasteiger partial charge in [-0.3, -0.25) is 9.78 Å². The minimum absolute atomic E-state index is 0.00127. The van der Waals surface area contributed by atoms with Crippen molar-refractivity contribution in [2.75, 3.05) is 13.2 Å². The summed E-state index contributed by atoms with van der Waals surface area (Å²) in [4.78, 5) is 20.0. The molecule has 11 atom stereocenters. The quantitative estimate of drug-likeness (QED) is 0.133. The number of fused-ring (bicyclic) bond motifs is 2. The van der Waals surface area contributed by atoms with Crippen LogP contribution in [0, 0.1) is 41.9 Å². The molecule has 10 heteroatoms. The van der Waals surface area contributed by atoms with Crippen LogP contribution in [-0.2, 0) is 34.4 Å². The Morgan fingerprint density at radius 1 is 0.949 bits per heavy atom. The number of pyridine rings is 1. The Hall–Kier alpha value is -2.03. The monoisotopic (exact) mass is 843 g/mol. The number of Topliss-reactive ketones (excluding diaryl/α,β-unsaturated/α-hetero) is 1. The molecule has 4 bridgehead atoms. The average molecular weight is 844 g/mol. The number of hydrogen-bond acceptors (Lipinski definition) is 8. The molecule has 0 amide bonds. The van der Waals surface area contributed by atoms with Crippen molar-refractivity contribution in [3.8, 4) is 0 Å². The predicted molar refractivity (Wildman–Crippen MR) is 237 cm³/mol. The predicted octanol–water partition coefficient (Wildman–Crippen LogP) is 10.9. The Kier molecular flexibility index (Phi) is 10.7. The topological polar surface area (TPSA) is 85.3 Å². The first-order valence-electron chi connectivity index (χ1n) is 22.5. The van der Waals surface area contributed by atoms with E-state index in [2.05, 4.69) is 92.9 Å². The van der Waals surface area contributed by atoms with Crippen molar-refractivity contribution in [2.24, 2.45) is 35.0 Å². The van der Waals surface area contributed by atoms with Gasteiger partial charge in [0.1, 0.15) is 11.3 Å². The first-order chi connectivity index (χ1) is 27.3. The maximum Gasteiger partial charge on any atom is 0.192 e. The highest BCUT2D eigenvalue weighted by Gasteiger charge is 2.82. The molecule has 1 aromatic heterocycles. The maximum atomic E-state index is 15.3. The summed E-state index contributed by atoms with van der Waals surface area (Å²) in [5.41, 5.74) is 2.68. The van der Waals surface area contributed by atoms with E-state index in [-0.39, 0.29) is 57.2 Å². The lowest BCUT2D eigenvalue weighted by atomic mass is 9.49. The molecule has 2 saturated heterocycles. The van der Waals surface area contributed by atoms with Crippen LogP contribution in [0.25, 0.3) is 0 Å². The van der Waals surface area contributed by atoms with Crippen molar-refractivity contribution in [1.29, 1.82) is 0 Å². The minimum Gasteiger partial charge on any atom is -0.417 e. The lowest BCUT2D eigenvalue weighted by molar-refractivity contribution is -0.351. The van der Waals surface area contributed by atoms with Crippen molar-refractivity contribution in [3.63, 3.8) is 0 Å². The first kappa shape index (κ1) is 43.6. The van der Waals surface area contributed by atoms with E-state index in [9.17, 15) is 0 Å². The number of carbonyl (C=O) groups is 1. The molecular formula is C49H73NO7Si2. The lowest BCUT2D eigenvalue weighted by Crippen LogP contribution is -2.65. The molecule has 0 unspecified atom stereocenters. The van der Waals surface area contributed by atoms with Crippen LogP contribution in [0.4, 0.5) is 0 Å². The zero-order valence-corrected chi connectivity index (χ0v) is 40.6. The summed E-state index contributed by atoms with van der Waals surface area (Å²) in [6.45, 7) is 33.3. The van der Waals surface area contributed by atoms with Crippen molar-refractivity contribution in [3.05, 3.63) is 77.1 Å². The fourth-order valence-corrected chi connectivity index (χ4v) is 14.1. The average Bonchev–Trinajstić information content (AvgIpc) is 3.48. The summed E-state index contributed by atoms with van der Waals surface area (Å²) in [5.74, 6) is -1.09. The largest absolute Gasteiger partial charge is 0.417 e. The molecular weight excluding hydrogens is 771 g/mol. The number of carbonyl (C=O) groups excluding carboxylic acids is 1. The number of aromatic nitrogens is 1. The smallest absolute Gasteiger partial charge is 0.192 e. The summed E-state index contributed by atoms with van der Waals surface area (Å²) >= 11 is 0. The molecule has 2 aliphatic heterocycles. The van der Waals surface area contributed by atoms with Gasteiger partial charge in [-0.2, -0.15) is 0 Å². The SMILES string of the molecule is Cc1ccc(C(=O)[C@@H]2[C@@H](CO[Si](C)(C)C(C)(C)C)[C@@H]3C[C@]45O[C@]67COC(C)(C)O[C@H]6CC[C@@]4(C)[C@@H]7C[C@@H](O[Si](C)(C)C(C)(C)C)[C@H]5C3=C[C@@H]2OCc2ccccc2)nc1. The van der Waals surface area contributed by atoms with Crippen LogP contribution in [0.15, 0.2) is 60.3 Å². The molecule has 2 aromatic rings. The number of nitrogens with zero attached hydrogens (tertiary/aromatic N) is 1. The van der Waals surface area contributed by atoms with E-state index < -0.39 is 45.6 Å². The van der Waals surface area contributed by atoms with Gasteiger partial charge in [0.15, 0.2) is 28.2 Å². The third-order valence-electron chi connectivity index (χ3n) is 17.0. The molecule has 5 fully saturated rings. The summed E-state index contributed by atoms with van der Waals surface area (Å²) in [7, 11) is -4.51. The highest BCUT2D eigenvalue weighted by atomic mass is 28.4. The number of ether oxygens (including phenoxy) is 4. The van der Waals surface area contributed by atoms with E-state index in [1.807, 2.05) is 57.3 Å². The van der Waals surface area contributed by atoms with Crippen molar-refractivity contribution < 1.29 is 32.6 Å². The van der Waals surface area contributed by atoms with Gasteiger partial charge >= 0.3 is 0 Å². The summed E-state index contributed by atoms with van der Waals surface area (Å²) in [6, 6.07) is 14.2. The van der Waals surface area contributed by atoms with Gasteiger partial charge in [0.25, 0.3) is 0 Å². The number of hydrogen-bond donors (Lipinski definition) is 0. The van der Waals surface area contributed by atoms with E-state index in [1.54, 1.807) is 0 Å². The van der Waals surface area contributed by atoms with Gasteiger partial charge in [0, 0.05) is 36.0 Å². The minimum atomic E-state index is -2.27. The van der Waals surface area contributed by atoms with Crippen LogP contribution in [0.5, 0.6) is 0 Å². The zero-order valence-electron chi connectivity index (χ0n) is 38.6. The molecule has 0 radical (unpaired) electrons. The molecule has 6 aliphatic rings. The highest BCUT2D eigenvalue weighted by molar-refractivity contribution is 6.74. The Balaban J connectivity index is 1.31. The number of aryl methyl sites for hydroxylation is 1. The third kappa shape index (κ3) is 7.06. The maximum absolute atomic E-state index is 15.3. The van der Waals surface area contributed by atoms with Crippen molar-refractivity contribution in [1.82, 2.24) is 4.98 Å². The normalized spacial score (nSPS) is 37.6. The van der Waals surface area contributed by atoms with Crippen molar-refractivity contribution in [2.45, 2.75) is 173 Å². The van der Waals surface area contributed by atoms with E-state index >= 15 is 4.79 Å². The van der Waals surface area contributed by atoms with E-state index in [0.717, 1.165) is 36.8 Å². The Bertz CT molecular complexity index is 1930. The third-order valence-corrected chi connectivity index (χ3v) is 26.0. The second-order valence-corrected chi connectivity index (χ2v) is 32.5. The molecule has 59 heavy (non-hydrogen) atoms. The summed E-state index contributed by atoms with van der Waals surface area (Å²) in [5, 5.41) is 0.0266. The molecule has 3 heterocycles. The van der Waals surface area contributed by atoms with Gasteiger partial charge in [-0.05, 0) is 106 Å². The van der Waals surface area contributed by atoms with Crippen LogP contribution < -0.4 is 0 Å².